The average Bonchev–Trinajstić information content (AvgIpc) is 2.94. The highest BCUT2D eigenvalue weighted by Crippen LogP contribution is 2.32. The summed E-state index contributed by atoms with van der Waals surface area (Å²) in [7, 11) is 0. The molecule has 19 heteroatoms. The average molecular weight is 628 g/mol. The molecule has 3 rings (SSSR count). The molecule has 3 aliphatic rings. The summed E-state index contributed by atoms with van der Waals surface area (Å²) in [5.74, 6) is -1.96. The summed E-state index contributed by atoms with van der Waals surface area (Å²) in [6, 6.07) is -4.31. The molecule has 11 N–H and O–H groups in total. The van der Waals surface area contributed by atoms with Gasteiger partial charge >= 0.3 is 0 Å². The predicted molar refractivity (Wildman–Crippen MR) is 136 cm³/mol. The summed E-state index contributed by atoms with van der Waals surface area (Å²) < 4.78 is 28.3. The Balaban J connectivity index is 1.89. The van der Waals surface area contributed by atoms with Crippen LogP contribution in [0.1, 0.15) is 20.8 Å². The Bertz CT molecular complexity index is 962. The molecular weight excluding hydrogens is 586 g/mol. The molecular formula is C24H41N3O16. The van der Waals surface area contributed by atoms with Crippen LogP contribution in [-0.2, 0) is 38.1 Å². The molecule has 3 saturated heterocycles. The first kappa shape index (κ1) is 35.4. The van der Waals surface area contributed by atoms with Crippen molar-refractivity contribution >= 4 is 17.7 Å². The quantitative estimate of drug-likeness (QED) is 0.107. The Morgan fingerprint density at radius 2 is 0.930 bits per heavy atom. The molecule has 3 fully saturated rings. The highest BCUT2D eigenvalue weighted by Gasteiger charge is 2.54. The second-order valence-electron chi connectivity index (χ2n) is 10.5. The largest absolute Gasteiger partial charge is 0.394 e. The predicted octanol–water partition coefficient (Wildman–Crippen LogP) is -7.14. The minimum absolute atomic E-state index is 0.628. The van der Waals surface area contributed by atoms with E-state index in [2.05, 4.69) is 16.0 Å². The first-order chi connectivity index (χ1) is 20.2. The lowest BCUT2D eigenvalue weighted by Gasteiger charge is -2.49. The molecule has 0 aromatic carbocycles. The maximum Gasteiger partial charge on any atom is 0.217 e. The van der Waals surface area contributed by atoms with Crippen LogP contribution in [0.4, 0.5) is 0 Å². The van der Waals surface area contributed by atoms with Gasteiger partial charge in [0.25, 0.3) is 0 Å². The lowest BCUT2D eigenvalue weighted by atomic mass is 9.93. The zero-order valence-electron chi connectivity index (χ0n) is 23.6. The molecule has 0 radical (unpaired) electrons. The summed E-state index contributed by atoms with van der Waals surface area (Å²) in [6.45, 7) is 0.995. The molecule has 0 aliphatic carbocycles. The van der Waals surface area contributed by atoms with Crippen LogP contribution in [0.3, 0.4) is 0 Å². The summed E-state index contributed by atoms with van der Waals surface area (Å²) in [4.78, 5) is 35.5. The lowest BCUT2D eigenvalue weighted by molar-refractivity contribution is -0.351. The fourth-order valence-corrected chi connectivity index (χ4v) is 5.28. The number of hydrogen-bond donors (Lipinski definition) is 11. The third-order valence-electron chi connectivity index (χ3n) is 7.30. The van der Waals surface area contributed by atoms with Gasteiger partial charge in [-0.3, -0.25) is 14.4 Å². The van der Waals surface area contributed by atoms with E-state index in [1.54, 1.807) is 0 Å². The van der Waals surface area contributed by atoms with Crippen LogP contribution in [0.25, 0.3) is 0 Å². The van der Waals surface area contributed by atoms with Gasteiger partial charge in [0.15, 0.2) is 18.9 Å². The van der Waals surface area contributed by atoms with Crippen LogP contribution in [-0.4, -0.2) is 170 Å². The Morgan fingerprint density at radius 1 is 0.558 bits per heavy atom. The van der Waals surface area contributed by atoms with E-state index in [9.17, 15) is 55.2 Å². The smallest absolute Gasteiger partial charge is 0.217 e. The van der Waals surface area contributed by atoms with E-state index in [-0.39, 0.29) is 0 Å². The molecule has 6 unspecified atom stereocenters. The van der Waals surface area contributed by atoms with Crippen LogP contribution in [0.2, 0.25) is 0 Å². The van der Waals surface area contributed by atoms with Crippen molar-refractivity contribution in [3.05, 3.63) is 0 Å². The Morgan fingerprint density at radius 3 is 1.37 bits per heavy atom. The third kappa shape index (κ3) is 8.14. The number of amides is 3. The molecule has 0 saturated carbocycles. The number of carbonyl (C=O) groups excluding carboxylic acids is 3. The normalized spacial score (nSPS) is 43.5. The third-order valence-corrected chi connectivity index (χ3v) is 7.30. The van der Waals surface area contributed by atoms with Crippen LogP contribution in [0.5, 0.6) is 0 Å². The second kappa shape index (κ2) is 15.3. The molecule has 43 heavy (non-hydrogen) atoms. The number of rotatable bonds is 10. The van der Waals surface area contributed by atoms with Gasteiger partial charge in [-0.15, -0.1) is 0 Å². The van der Waals surface area contributed by atoms with Crippen molar-refractivity contribution in [2.24, 2.45) is 0 Å². The van der Waals surface area contributed by atoms with Crippen molar-refractivity contribution in [1.82, 2.24) is 16.0 Å². The van der Waals surface area contributed by atoms with E-state index in [0.29, 0.717) is 0 Å². The van der Waals surface area contributed by atoms with Gasteiger partial charge in [-0.1, -0.05) is 0 Å². The lowest BCUT2D eigenvalue weighted by Crippen LogP contribution is -2.71. The molecule has 19 nitrogen and oxygen atoms in total. The molecule has 0 bridgehead atoms. The molecule has 3 aliphatic heterocycles. The topological polar surface area (TPSA) is 295 Å². The first-order valence-corrected chi connectivity index (χ1v) is 13.5. The number of aliphatic hydroxyl groups excluding tert-OH is 8. The maximum absolute atomic E-state index is 12.1. The summed E-state index contributed by atoms with van der Waals surface area (Å²) >= 11 is 0. The van der Waals surface area contributed by atoms with Gasteiger partial charge in [-0.2, -0.15) is 0 Å². The van der Waals surface area contributed by atoms with E-state index >= 15 is 0 Å². The molecule has 3 heterocycles. The maximum atomic E-state index is 12.1. The minimum atomic E-state index is -1.77. The highest BCUT2D eigenvalue weighted by atomic mass is 16.7. The summed E-state index contributed by atoms with van der Waals surface area (Å²) in [5.41, 5.74) is 0. The van der Waals surface area contributed by atoms with Crippen molar-refractivity contribution in [3.63, 3.8) is 0 Å². The molecule has 0 aromatic rings. The van der Waals surface area contributed by atoms with Crippen molar-refractivity contribution in [2.45, 2.75) is 113 Å². The highest BCUT2D eigenvalue weighted by molar-refractivity contribution is 5.74. The van der Waals surface area contributed by atoms with Gasteiger partial charge in [-0.05, 0) is 0 Å². The van der Waals surface area contributed by atoms with Crippen LogP contribution < -0.4 is 16.0 Å². The van der Waals surface area contributed by atoms with E-state index in [1.807, 2.05) is 0 Å². The zero-order chi connectivity index (χ0) is 32.2. The minimum Gasteiger partial charge on any atom is -0.394 e. The van der Waals surface area contributed by atoms with Crippen molar-refractivity contribution in [3.8, 4) is 0 Å². The zero-order valence-corrected chi connectivity index (χ0v) is 23.6. The second-order valence-corrected chi connectivity index (χ2v) is 10.5. The Hall–Kier alpha value is -2.11. The number of hydrogen-bond acceptors (Lipinski definition) is 16. The van der Waals surface area contributed by atoms with Gasteiger partial charge in [0.05, 0.1) is 19.8 Å². The number of nitrogens with one attached hydrogen (secondary N) is 3. The molecule has 15 atom stereocenters. The van der Waals surface area contributed by atoms with Crippen LogP contribution in [0.15, 0.2) is 0 Å². The number of carbonyl (C=O) groups is 3. The monoisotopic (exact) mass is 627 g/mol. The van der Waals surface area contributed by atoms with Crippen LogP contribution >= 0.6 is 0 Å². The Labute approximate surface area is 245 Å². The first-order valence-electron chi connectivity index (χ1n) is 13.5. The standard InChI is InChI=1S/C24H41N3O16/c1-7(31)25-13-18(36)20(11(5-29)39-22(13)38)42-24-15(27-9(3)33)19(37)21(12(6-30)41-24)43-23-14(26-8(2)32)17(35)16(34)10(4-28)40-23/h10-24,28-30,34-38H,4-6H2,1-3H3,(H,25,31)(H,26,32)(H,27,33)/t10?,11?,12?,13?,14?,15?,16-,17-,18-,19-,20-,21-,22-,23+,24+/m1/s1. The number of aliphatic hydroxyl groups is 8. The van der Waals surface area contributed by atoms with E-state index < -0.39 is 129 Å². The van der Waals surface area contributed by atoms with Gasteiger partial charge in [0.1, 0.15) is 73.1 Å². The SMILES string of the molecule is CC(=O)NC1[C@H](O[C@@H]2C(CO)O[C@@H](O[C@@H]3C(CO)O[C@@H](O)C(NC(C)=O)[C@H]3O)C(NC(C)=O)[C@H]2O)OC(CO)[C@@H](O)[C@@H]1O. The fourth-order valence-electron chi connectivity index (χ4n) is 5.28. The van der Waals surface area contributed by atoms with Gasteiger partial charge in [0, 0.05) is 20.8 Å². The van der Waals surface area contributed by atoms with E-state index in [1.165, 1.54) is 0 Å². The van der Waals surface area contributed by atoms with Gasteiger partial charge in [-0.25, -0.2) is 0 Å². The van der Waals surface area contributed by atoms with Crippen LogP contribution in [0, 0.1) is 0 Å². The van der Waals surface area contributed by atoms with E-state index in [0.717, 1.165) is 20.8 Å². The molecule has 3 amide bonds. The molecule has 0 spiro atoms. The van der Waals surface area contributed by atoms with Gasteiger partial charge < -0.3 is 80.5 Å². The van der Waals surface area contributed by atoms with E-state index in [4.69, 9.17) is 23.7 Å². The fraction of sp³-hybridized carbons (Fsp3) is 0.875. The summed E-state index contributed by atoms with van der Waals surface area (Å²) in [5, 5.41) is 90.0. The number of ether oxygens (including phenoxy) is 5. The Kier molecular flexibility index (Phi) is 12.5. The molecule has 0 aromatic heterocycles. The van der Waals surface area contributed by atoms with Crippen molar-refractivity contribution < 1.29 is 78.9 Å². The van der Waals surface area contributed by atoms with Crippen molar-refractivity contribution in [2.75, 3.05) is 19.8 Å². The molecule has 248 valence electrons. The summed E-state index contributed by atoms with van der Waals surface area (Å²) in [6.07, 6.45) is -19.0. The van der Waals surface area contributed by atoms with Gasteiger partial charge in [0.2, 0.25) is 17.7 Å². The van der Waals surface area contributed by atoms with Crippen molar-refractivity contribution in [1.29, 1.82) is 0 Å².